The van der Waals surface area contributed by atoms with Gasteiger partial charge in [-0.3, -0.25) is 4.79 Å². The fourth-order valence-electron chi connectivity index (χ4n) is 2.11. The lowest BCUT2D eigenvalue weighted by Crippen LogP contribution is -2.36. The molecule has 1 aromatic rings. The third-order valence-corrected chi connectivity index (χ3v) is 3.10. The maximum absolute atomic E-state index is 12.1. The smallest absolute Gasteiger partial charge is 0.226 e. The monoisotopic (exact) mass is 251 g/mol. The van der Waals surface area contributed by atoms with Crippen molar-refractivity contribution in [2.45, 2.75) is 25.5 Å². The van der Waals surface area contributed by atoms with Crippen molar-refractivity contribution in [3.05, 3.63) is 18.5 Å². The Morgan fingerprint density at radius 1 is 1.72 bits per heavy atom. The molecular weight excluding hydrogens is 234 g/mol. The van der Waals surface area contributed by atoms with Gasteiger partial charge in [0.2, 0.25) is 5.91 Å². The number of aromatic nitrogens is 4. The third kappa shape index (κ3) is 2.40. The number of amides is 1. The SMILES string of the molecule is C=C[C@@H]1OCC[C@H]1C(=O)NC(C)c1nnnn1C. The lowest BCUT2D eigenvalue weighted by Gasteiger charge is -2.18. The van der Waals surface area contributed by atoms with Gasteiger partial charge >= 0.3 is 0 Å². The van der Waals surface area contributed by atoms with Gasteiger partial charge in [0, 0.05) is 13.7 Å². The Labute approximate surface area is 105 Å². The van der Waals surface area contributed by atoms with Crippen LogP contribution in [0.4, 0.5) is 0 Å². The summed E-state index contributed by atoms with van der Waals surface area (Å²) >= 11 is 0. The highest BCUT2D eigenvalue weighted by molar-refractivity contribution is 5.80. The van der Waals surface area contributed by atoms with E-state index in [-0.39, 0.29) is 24.0 Å². The predicted octanol–water partition coefficient (Wildman–Crippen LogP) is -0.0216. The number of carbonyl (C=O) groups excluding carboxylic acids is 1. The molecule has 7 heteroatoms. The van der Waals surface area contributed by atoms with E-state index in [0.717, 1.165) is 0 Å². The van der Waals surface area contributed by atoms with Crippen molar-refractivity contribution in [1.29, 1.82) is 0 Å². The zero-order valence-corrected chi connectivity index (χ0v) is 10.5. The van der Waals surface area contributed by atoms with Crippen LogP contribution in [-0.4, -0.2) is 38.8 Å². The minimum atomic E-state index is -0.233. The van der Waals surface area contributed by atoms with E-state index >= 15 is 0 Å². The maximum Gasteiger partial charge on any atom is 0.226 e. The minimum absolute atomic E-state index is 0.0482. The Balaban J connectivity index is 1.99. The van der Waals surface area contributed by atoms with Crippen LogP contribution in [0.25, 0.3) is 0 Å². The molecule has 1 aromatic heterocycles. The van der Waals surface area contributed by atoms with Crippen LogP contribution in [0.3, 0.4) is 0 Å². The second-order valence-corrected chi connectivity index (χ2v) is 4.36. The van der Waals surface area contributed by atoms with E-state index in [0.29, 0.717) is 18.9 Å². The Bertz CT molecular complexity index is 444. The second-order valence-electron chi connectivity index (χ2n) is 4.36. The lowest BCUT2D eigenvalue weighted by atomic mass is 10.0. The molecule has 7 nitrogen and oxygen atoms in total. The van der Waals surface area contributed by atoms with Crippen LogP contribution in [0.1, 0.15) is 25.2 Å². The third-order valence-electron chi connectivity index (χ3n) is 3.10. The van der Waals surface area contributed by atoms with Gasteiger partial charge in [0.25, 0.3) is 0 Å². The van der Waals surface area contributed by atoms with Gasteiger partial charge in [-0.15, -0.1) is 11.7 Å². The molecule has 1 aliphatic heterocycles. The predicted molar refractivity (Wildman–Crippen MR) is 63.4 cm³/mol. The first kappa shape index (κ1) is 12.7. The first-order valence-corrected chi connectivity index (χ1v) is 5.90. The summed E-state index contributed by atoms with van der Waals surface area (Å²) in [4.78, 5) is 12.1. The van der Waals surface area contributed by atoms with Gasteiger partial charge < -0.3 is 10.1 Å². The molecule has 0 spiro atoms. The molecule has 0 bridgehead atoms. The van der Waals surface area contributed by atoms with Gasteiger partial charge in [-0.25, -0.2) is 4.68 Å². The van der Waals surface area contributed by atoms with Crippen molar-refractivity contribution in [2.24, 2.45) is 13.0 Å². The van der Waals surface area contributed by atoms with E-state index in [1.807, 2.05) is 6.92 Å². The molecule has 1 unspecified atom stereocenters. The number of nitrogens with one attached hydrogen (secondary N) is 1. The zero-order chi connectivity index (χ0) is 13.1. The molecule has 2 heterocycles. The number of carbonyl (C=O) groups is 1. The van der Waals surface area contributed by atoms with Crippen molar-refractivity contribution < 1.29 is 9.53 Å². The molecule has 3 atom stereocenters. The largest absolute Gasteiger partial charge is 0.373 e. The van der Waals surface area contributed by atoms with E-state index in [9.17, 15) is 4.79 Å². The first-order valence-electron chi connectivity index (χ1n) is 5.90. The van der Waals surface area contributed by atoms with Gasteiger partial charge in [-0.2, -0.15) is 0 Å². The Morgan fingerprint density at radius 2 is 2.50 bits per heavy atom. The highest BCUT2D eigenvalue weighted by Crippen LogP contribution is 2.22. The molecule has 1 N–H and O–H groups in total. The van der Waals surface area contributed by atoms with Crippen LogP contribution in [0.2, 0.25) is 0 Å². The molecule has 2 rings (SSSR count). The fourth-order valence-corrected chi connectivity index (χ4v) is 2.11. The van der Waals surface area contributed by atoms with E-state index in [1.165, 1.54) is 0 Å². The highest BCUT2D eigenvalue weighted by Gasteiger charge is 2.33. The fraction of sp³-hybridized carbons (Fsp3) is 0.636. The number of tetrazole rings is 1. The number of hydrogen-bond donors (Lipinski definition) is 1. The van der Waals surface area contributed by atoms with Gasteiger partial charge in [0.05, 0.1) is 18.1 Å². The number of hydrogen-bond acceptors (Lipinski definition) is 5. The van der Waals surface area contributed by atoms with Gasteiger partial charge in [-0.05, 0) is 23.8 Å². The standard InChI is InChI=1S/C11H17N5O2/c1-4-9-8(5-6-18-9)11(17)12-7(2)10-13-14-15-16(10)3/h4,7-9H,1,5-6H2,2-3H3,(H,12,17)/t7?,8-,9+/m1/s1. The van der Waals surface area contributed by atoms with Gasteiger partial charge in [-0.1, -0.05) is 6.08 Å². The molecule has 1 aliphatic rings. The van der Waals surface area contributed by atoms with Crippen molar-refractivity contribution in [2.75, 3.05) is 6.61 Å². The molecule has 98 valence electrons. The van der Waals surface area contributed by atoms with Gasteiger partial charge in [0.15, 0.2) is 5.82 Å². The van der Waals surface area contributed by atoms with Crippen LogP contribution < -0.4 is 5.32 Å². The molecule has 0 radical (unpaired) electrons. The summed E-state index contributed by atoms with van der Waals surface area (Å²) in [7, 11) is 1.74. The Morgan fingerprint density at radius 3 is 3.11 bits per heavy atom. The molecule has 18 heavy (non-hydrogen) atoms. The van der Waals surface area contributed by atoms with Crippen LogP contribution in [0.15, 0.2) is 12.7 Å². The maximum atomic E-state index is 12.1. The topological polar surface area (TPSA) is 81.9 Å². The molecular formula is C11H17N5O2. The Kier molecular flexibility index (Phi) is 3.71. The molecule has 0 aliphatic carbocycles. The van der Waals surface area contributed by atoms with E-state index in [1.54, 1.807) is 17.8 Å². The normalized spacial score (nSPS) is 24.8. The summed E-state index contributed by atoms with van der Waals surface area (Å²) in [6.07, 6.45) is 2.19. The molecule has 0 saturated carbocycles. The van der Waals surface area contributed by atoms with Crippen LogP contribution >= 0.6 is 0 Å². The van der Waals surface area contributed by atoms with E-state index in [4.69, 9.17) is 4.74 Å². The summed E-state index contributed by atoms with van der Waals surface area (Å²) in [5.74, 6) is 0.399. The average Bonchev–Trinajstić information content (AvgIpc) is 2.96. The summed E-state index contributed by atoms with van der Waals surface area (Å²) in [6.45, 7) is 6.12. The van der Waals surface area contributed by atoms with Crippen LogP contribution in [0, 0.1) is 5.92 Å². The van der Waals surface area contributed by atoms with Crippen LogP contribution in [0.5, 0.6) is 0 Å². The number of rotatable bonds is 4. The highest BCUT2D eigenvalue weighted by atomic mass is 16.5. The van der Waals surface area contributed by atoms with Crippen molar-refractivity contribution >= 4 is 5.91 Å². The Hall–Kier alpha value is -1.76. The first-order chi connectivity index (χ1) is 8.63. The van der Waals surface area contributed by atoms with Gasteiger partial charge in [0.1, 0.15) is 0 Å². The summed E-state index contributed by atoms with van der Waals surface area (Å²) in [5.41, 5.74) is 0. The van der Waals surface area contributed by atoms with E-state index in [2.05, 4.69) is 27.4 Å². The zero-order valence-electron chi connectivity index (χ0n) is 10.5. The molecule has 1 fully saturated rings. The lowest BCUT2D eigenvalue weighted by molar-refractivity contribution is -0.126. The summed E-state index contributed by atoms with van der Waals surface area (Å²) in [6, 6.07) is -0.233. The number of ether oxygens (including phenoxy) is 1. The number of nitrogens with zero attached hydrogens (tertiary/aromatic N) is 4. The average molecular weight is 251 g/mol. The van der Waals surface area contributed by atoms with Crippen molar-refractivity contribution in [1.82, 2.24) is 25.5 Å². The minimum Gasteiger partial charge on any atom is -0.373 e. The molecule has 1 saturated heterocycles. The number of aryl methyl sites for hydroxylation is 1. The quantitative estimate of drug-likeness (QED) is 0.760. The van der Waals surface area contributed by atoms with E-state index < -0.39 is 0 Å². The summed E-state index contributed by atoms with van der Waals surface area (Å²) in [5, 5.41) is 14.1. The molecule has 0 aromatic carbocycles. The van der Waals surface area contributed by atoms with Crippen molar-refractivity contribution in [3.8, 4) is 0 Å². The second kappa shape index (κ2) is 5.26. The van der Waals surface area contributed by atoms with Crippen LogP contribution in [-0.2, 0) is 16.6 Å². The summed E-state index contributed by atoms with van der Waals surface area (Å²) < 4.78 is 6.95. The van der Waals surface area contributed by atoms with Crippen molar-refractivity contribution in [3.63, 3.8) is 0 Å². The molecule has 1 amide bonds.